The Morgan fingerprint density at radius 3 is 2.34 bits per heavy atom. The molecule has 0 fully saturated rings. The van der Waals surface area contributed by atoms with Gasteiger partial charge in [-0.15, -0.1) is 0 Å². The van der Waals surface area contributed by atoms with Gasteiger partial charge in [0.1, 0.15) is 0 Å². The molecule has 0 unspecified atom stereocenters. The van der Waals surface area contributed by atoms with E-state index in [1.54, 1.807) is 30.6 Å². The minimum atomic E-state index is -4.52. The summed E-state index contributed by atoms with van der Waals surface area (Å²) < 4.78 is 41.0. The van der Waals surface area contributed by atoms with Crippen molar-refractivity contribution in [3.8, 4) is 22.5 Å². The van der Waals surface area contributed by atoms with Gasteiger partial charge < -0.3 is 5.32 Å². The number of pyridine rings is 1. The number of rotatable bonds is 4. The first-order chi connectivity index (χ1) is 15.5. The maximum atomic E-state index is 13.7. The Kier molecular flexibility index (Phi) is 4.78. The van der Waals surface area contributed by atoms with E-state index in [2.05, 4.69) is 30.5 Å². The van der Waals surface area contributed by atoms with E-state index in [9.17, 15) is 13.2 Å². The molecule has 32 heavy (non-hydrogen) atoms. The maximum Gasteiger partial charge on any atom is 0.417 e. The molecule has 5 rings (SSSR count). The van der Waals surface area contributed by atoms with Gasteiger partial charge in [-0.3, -0.25) is 10.1 Å². The van der Waals surface area contributed by atoms with Crippen molar-refractivity contribution in [3.63, 3.8) is 0 Å². The van der Waals surface area contributed by atoms with Crippen LogP contribution < -0.4 is 5.32 Å². The monoisotopic (exact) mass is 432 g/mol. The fourth-order valence-corrected chi connectivity index (χ4v) is 3.43. The van der Waals surface area contributed by atoms with Gasteiger partial charge in [0.2, 0.25) is 5.95 Å². The number of fused-ring (bicyclic) bond motifs is 1. The average molecular weight is 432 g/mol. The van der Waals surface area contributed by atoms with Crippen molar-refractivity contribution >= 4 is 22.7 Å². The Bertz CT molecular complexity index is 1400. The Morgan fingerprint density at radius 2 is 1.53 bits per heavy atom. The summed E-state index contributed by atoms with van der Waals surface area (Å²) in [5.41, 5.74) is 1.30. The van der Waals surface area contributed by atoms with Gasteiger partial charge >= 0.3 is 6.18 Å². The summed E-state index contributed by atoms with van der Waals surface area (Å²) in [6.07, 6.45) is -1.34. The highest BCUT2D eigenvalue weighted by atomic mass is 19.4. The molecule has 6 nitrogen and oxygen atoms in total. The molecule has 0 radical (unpaired) electrons. The van der Waals surface area contributed by atoms with Crippen molar-refractivity contribution in [1.82, 2.24) is 25.1 Å². The summed E-state index contributed by atoms with van der Waals surface area (Å²) in [7, 11) is 0. The fraction of sp³-hybridized carbons (Fsp3) is 0.0435. The molecule has 3 heterocycles. The van der Waals surface area contributed by atoms with Crippen LogP contribution in [0.2, 0.25) is 0 Å². The molecule has 0 aliphatic rings. The minimum Gasteiger partial charge on any atom is -0.307 e. The second-order valence-corrected chi connectivity index (χ2v) is 6.98. The van der Waals surface area contributed by atoms with Gasteiger partial charge in [-0.2, -0.15) is 18.3 Å². The van der Waals surface area contributed by atoms with Crippen molar-refractivity contribution in [2.45, 2.75) is 6.18 Å². The SMILES string of the molecule is FC(F)(F)c1ccccc1-c1cc(-c2ccncc2)nc(Nc2n[nH]c3ccccc23)n1. The molecule has 2 aromatic carbocycles. The number of anilines is 2. The fourth-order valence-electron chi connectivity index (χ4n) is 3.43. The van der Waals surface area contributed by atoms with E-state index in [4.69, 9.17) is 0 Å². The molecule has 0 saturated carbocycles. The van der Waals surface area contributed by atoms with Crippen LogP contribution in [-0.4, -0.2) is 25.1 Å². The summed E-state index contributed by atoms with van der Waals surface area (Å²) in [5.74, 6) is 0.603. The number of nitrogens with one attached hydrogen (secondary N) is 2. The van der Waals surface area contributed by atoms with E-state index in [1.807, 2.05) is 24.3 Å². The molecule has 0 bridgehead atoms. The summed E-state index contributed by atoms with van der Waals surface area (Å²) in [5, 5.41) is 11.0. The third-order valence-corrected chi connectivity index (χ3v) is 4.91. The Hall–Kier alpha value is -4.27. The highest BCUT2D eigenvalue weighted by molar-refractivity contribution is 5.91. The van der Waals surface area contributed by atoms with E-state index >= 15 is 0 Å². The highest BCUT2D eigenvalue weighted by Gasteiger charge is 2.33. The number of aromatic amines is 1. The molecule has 5 aromatic rings. The molecule has 0 saturated heterocycles. The zero-order valence-electron chi connectivity index (χ0n) is 16.4. The first kappa shape index (κ1) is 19.7. The van der Waals surface area contributed by atoms with E-state index in [1.165, 1.54) is 18.2 Å². The van der Waals surface area contributed by atoms with Crippen LogP contribution >= 0.6 is 0 Å². The smallest absolute Gasteiger partial charge is 0.307 e. The van der Waals surface area contributed by atoms with Gasteiger partial charge in [0.05, 0.1) is 22.5 Å². The maximum absolute atomic E-state index is 13.7. The minimum absolute atomic E-state index is 0.0346. The predicted molar refractivity (Wildman–Crippen MR) is 115 cm³/mol. The molecule has 0 amide bonds. The van der Waals surface area contributed by atoms with Crippen LogP contribution in [0, 0.1) is 0 Å². The van der Waals surface area contributed by atoms with Gasteiger partial charge in [0, 0.05) is 28.9 Å². The second kappa shape index (κ2) is 7.77. The number of alkyl halides is 3. The zero-order valence-corrected chi connectivity index (χ0v) is 16.4. The lowest BCUT2D eigenvalue weighted by Gasteiger charge is -2.14. The first-order valence-electron chi connectivity index (χ1n) is 9.65. The Morgan fingerprint density at radius 1 is 0.812 bits per heavy atom. The lowest BCUT2D eigenvalue weighted by molar-refractivity contribution is -0.137. The first-order valence-corrected chi connectivity index (χ1v) is 9.65. The zero-order chi connectivity index (χ0) is 22.1. The lowest BCUT2D eigenvalue weighted by atomic mass is 10.0. The van der Waals surface area contributed by atoms with E-state index in [0.29, 0.717) is 17.1 Å². The molecular formula is C23H15F3N6. The van der Waals surface area contributed by atoms with Crippen molar-refractivity contribution in [2.75, 3.05) is 5.32 Å². The normalized spacial score (nSPS) is 11.6. The van der Waals surface area contributed by atoms with Gasteiger partial charge in [-0.1, -0.05) is 30.3 Å². The summed E-state index contributed by atoms with van der Waals surface area (Å²) in [6.45, 7) is 0. The molecule has 0 aliphatic carbocycles. The number of hydrogen-bond acceptors (Lipinski definition) is 5. The number of benzene rings is 2. The van der Waals surface area contributed by atoms with Crippen molar-refractivity contribution in [3.05, 3.63) is 84.7 Å². The third-order valence-electron chi connectivity index (χ3n) is 4.91. The van der Waals surface area contributed by atoms with Crippen LogP contribution in [0.25, 0.3) is 33.4 Å². The molecule has 0 spiro atoms. The standard InChI is InChI=1S/C23H15F3N6/c24-23(25,26)17-7-3-1-5-15(17)20-13-19(14-9-11-27-12-10-14)28-22(29-20)30-21-16-6-2-4-8-18(16)31-32-21/h1-13H,(H2,28,29,30,31,32). The van der Waals surface area contributed by atoms with Crippen LogP contribution in [0.15, 0.2) is 79.1 Å². The molecule has 9 heteroatoms. The van der Waals surface area contributed by atoms with Gasteiger partial charge in [0.25, 0.3) is 0 Å². The summed E-state index contributed by atoms with van der Waals surface area (Å²) >= 11 is 0. The number of halogens is 3. The van der Waals surface area contributed by atoms with Crippen LogP contribution in [0.1, 0.15) is 5.56 Å². The molecule has 0 aliphatic heterocycles. The largest absolute Gasteiger partial charge is 0.417 e. The van der Waals surface area contributed by atoms with Gasteiger partial charge in [-0.05, 0) is 36.4 Å². The Labute approximate surface area is 180 Å². The predicted octanol–water partition coefficient (Wildman–Crippen LogP) is 5.84. The number of nitrogens with zero attached hydrogens (tertiary/aromatic N) is 4. The highest BCUT2D eigenvalue weighted by Crippen LogP contribution is 2.37. The van der Waals surface area contributed by atoms with E-state index in [-0.39, 0.29) is 17.2 Å². The topological polar surface area (TPSA) is 79.4 Å². The van der Waals surface area contributed by atoms with Crippen LogP contribution in [0.5, 0.6) is 0 Å². The number of H-pyrrole nitrogens is 1. The molecule has 3 aromatic heterocycles. The lowest BCUT2D eigenvalue weighted by Crippen LogP contribution is -2.08. The van der Waals surface area contributed by atoms with Crippen LogP contribution in [-0.2, 0) is 6.18 Å². The van der Waals surface area contributed by atoms with Crippen LogP contribution in [0.4, 0.5) is 24.9 Å². The number of para-hydroxylation sites is 1. The van der Waals surface area contributed by atoms with Crippen molar-refractivity contribution in [2.24, 2.45) is 0 Å². The average Bonchev–Trinajstić information content (AvgIpc) is 3.22. The van der Waals surface area contributed by atoms with Crippen LogP contribution in [0.3, 0.4) is 0 Å². The number of hydrogen-bond donors (Lipinski definition) is 2. The quantitative estimate of drug-likeness (QED) is 0.373. The van der Waals surface area contributed by atoms with E-state index < -0.39 is 11.7 Å². The summed E-state index contributed by atoms with van der Waals surface area (Å²) in [4.78, 5) is 12.9. The Balaban J connectivity index is 1.67. The molecular weight excluding hydrogens is 417 g/mol. The van der Waals surface area contributed by atoms with Gasteiger partial charge in [0.15, 0.2) is 5.82 Å². The second-order valence-electron chi connectivity index (χ2n) is 6.98. The molecule has 158 valence electrons. The third kappa shape index (κ3) is 3.76. The van der Waals surface area contributed by atoms with E-state index in [0.717, 1.165) is 17.0 Å². The summed E-state index contributed by atoms with van der Waals surface area (Å²) in [6, 6.07) is 17.8. The van der Waals surface area contributed by atoms with Crippen molar-refractivity contribution in [1.29, 1.82) is 0 Å². The number of aromatic nitrogens is 5. The molecule has 0 atom stereocenters. The van der Waals surface area contributed by atoms with Gasteiger partial charge in [-0.25, -0.2) is 9.97 Å². The van der Waals surface area contributed by atoms with Crippen molar-refractivity contribution < 1.29 is 13.2 Å². The molecule has 2 N–H and O–H groups in total.